The van der Waals surface area contributed by atoms with Crippen molar-refractivity contribution < 1.29 is 26.2 Å². The number of hydrogen-bond acceptors (Lipinski definition) is 0. The number of fused-ring (bicyclic) bond motifs is 1. The predicted molar refractivity (Wildman–Crippen MR) is 182 cm³/mol. The minimum atomic E-state index is -0.839. The Labute approximate surface area is 273 Å². The van der Waals surface area contributed by atoms with Crippen LogP contribution in [-0.4, -0.2) is 8.80 Å². The fourth-order valence-electron chi connectivity index (χ4n) is 7.29. The van der Waals surface area contributed by atoms with Crippen LogP contribution < -0.4 is 5.19 Å². The van der Waals surface area contributed by atoms with Crippen LogP contribution in [0.5, 0.6) is 0 Å². The minimum Gasteiger partial charge on any atom is -0.145 e. The Hall–Kier alpha value is -1.37. The fourth-order valence-corrected chi connectivity index (χ4v) is 10.8. The third-order valence-electron chi connectivity index (χ3n) is 9.52. The molecular weight excluding hydrogens is 588 g/mol. The standard InChI is InChI=1S/C39H54Si.Zr/c1-14-19-40(23-33-27(6)25(4)26(5)28(33)7)34-22-32(31-20-29-17-15-16-18-30(29)21-31)36(38(8,9)10)35(24(2)3)37(34)39(11,12)13;/h15-18,20-22,24,27H,14,19,23H2,1-13H3;/q-1;. The van der Waals surface area contributed by atoms with Gasteiger partial charge in [-0.3, -0.25) is 0 Å². The van der Waals surface area contributed by atoms with Crippen molar-refractivity contribution in [3.05, 3.63) is 81.4 Å². The normalized spacial score (nSPS) is 16.5. The second kappa shape index (κ2) is 12.7. The Kier molecular flexibility index (Phi) is 10.6. The fraction of sp³-hybridized carbons (Fsp3) is 0.513. The number of allylic oxidation sites excluding steroid dienone is 4. The second-order valence-corrected chi connectivity index (χ2v) is 17.5. The van der Waals surface area contributed by atoms with Gasteiger partial charge in [0.1, 0.15) is 0 Å². The molecule has 2 heteroatoms. The van der Waals surface area contributed by atoms with Crippen LogP contribution >= 0.6 is 0 Å². The number of benzene rings is 2. The maximum atomic E-state index is 2.70. The van der Waals surface area contributed by atoms with Gasteiger partial charge >= 0.3 is 0 Å². The van der Waals surface area contributed by atoms with E-state index in [-0.39, 0.29) is 37.0 Å². The molecule has 1 unspecified atom stereocenters. The van der Waals surface area contributed by atoms with Gasteiger partial charge in [0.05, 0.1) is 8.80 Å². The summed E-state index contributed by atoms with van der Waals surface area (Å²) >= 11 is 0. The van der Waals surface area contributed by atoms with Crippen molar-refractivity contribution in [2.24, 2.45) is 5.92 Å². The average molecular weight is 642 g/mol. The first-order valence-corrected chi connectivity index (χ1v) is 17.6. The van der Waals surface area contributed by atoms with E-state index in [0.29, 0.717) is 11.8 Å². The van der Waals surface area contributed by atoms with Gasteiger partial charge in [-0.1, -0.05) is 133 Å². The summed E-state index contributed by atoms with van der Waals surface area (Å²) in [5.41, 5.74) is 14.2. The van der Waals surface area contributed by atoms with Gasteiger partial charge in [0.25, 0.3) is 0 Å². The first-order chi connectivity index (χ1) is 18.6. The largest absolute Gasteiger partial charge is 0.145 e. The van der Waals surface area contributed by atoms with Crippen LogP contribution in [0.2, 0.25) is 12.1 Å². The molecule has 1 atom stereocenters. The average Bonchev–Trinajstić information content (AvgIpc) is 3.37. The molecule has 0 aliphatic heterocycles. The van der Waals surface area contributed by atoms with Gasteiger partial charge in [0, 0.05) is 26.2 Å². The molecule has 3 aromatic rings. The van der Waals surface area contributed by atoms with Gasteiger partial charge in [-0.15, -0.1) is 34.5 Å². The summed E-state index contributed by atoms with van der Waals surface area (Å²) in [5.74, 6) is 1.04. The molecule has 0 nitrogen and oxygen atoms in total. The van der Waals surface area contributed by atoms with Crippen molar-refractivity contribution in [1.29, 1.82) is 0 Å². The Morgan fingerprint density at radius 3 is 1.98 bits per heavy atom. The van der Waals surface area contributed by atoms with Crippen molar-refractivity contribution >= 4 is 24.8 Å². The number of rotatable bonds is 7. The molecular formula is C39H54SiZr-. The molecule has 0 spiro atoms. The van der Waals surface area contributed by atoms with Gasteiger partial charge in [-0.05, 0) is 71.8 Å². The molecule has 0 saturated heterocycles. The second-order valence-electron chi connectivity index (χ2n) is 14.9. The van der Waals surface area contributed by atoms with Crippen LogP contribution in [0.15, 0.2) is 64.8 Å². The van der Waals surface area contributed by atoms with Crippen molar-refractivity contribution in [2.75, 3.05) is 0 Å². The van der Waals surface area contributed by atoms with E-state index < -0.39 is 8.80 Å². The van der Waals surface area contributed by atoms with Crippen LogP contribution in [0.1, 0.15) is 119 Å². The summed E-state index contributed by atoms with van der Waals surface area (Å²) in [4.78, 5) is 0. The quantitative estimate of drug-likeness (QED) is 0.178. The van der Waals surface area contributed by atoms with E-state index >= 15 is 0 Å². The molecule has 1 aliphatic rings. The first-order valence-electron chi connectivity index (χ1n) is 15.7. The Morgan fingerprint density at radius 2 is 1.49 bits per heavy atom. The van der Waals surface area contributed by atoms with E-state index in [1.165, 1.54) is 46.0 Å². The summed E-state index contributed by atoms with van der Waals surface area (Å²) in [6.07, 6.45) is 1.25. The Balaban J connectivity index is 0.00000462. The van der Waals surface area contributed by atoms with E-state index in [9.17, 15) is 0 Å². The summed E-state index contributed by atoms with van der Waals surface area (Å²) in [5, 5.41) is 4.40. The Bertz CT molecular complexity index is 1430. The number of hydrogen-bond donors (Lipinski definition) is 0. The molecule has 0 amide bonds. The minimum absolute atomic E-state index is 0. The zero-order chi connectivity index (χ0) is 29.7. The third-order valence-corrected chi connectivity index (χ3v) is 12.6. The smallest absolute Gasteiger partial charge is 0.0894 e. The summed E-state index contributed by atoms with van der Waals surface area (Å²) in [7, 11) is -0.839. The van der Waals surface area contributed by atoms with Gasteiger partial charge in [0.2, 0.25) is 0 Å². The van der Waals surface area contributed by atoms with E-state index in [1.807, 2.05) is 0 Å². The first kappa shape index (κ1) is 34.1. The molecule has 219 valence electrons. The van der Waals surface area contributed by atoms with Crippen LogP contribution in [0.3, 0.4) is 0 Å². The molecule has 3 aromatic carbocycles. The van der Waals surface area contributed by atoms with Crippen LogP contribution in [0.25, 0.3) is 21.9 Å². The molecule has 0 heterocycles. The van der Waals surface area contributed by atoms with E-state index in [1.54, 1.807) is 38.6 Å². The maximum absolute atomic E-state index is 2.70. The van der Waals surface area contributed by atoms with Crippen LogP contribution in [-0.2, 0) is 37.0 Å². The maximum Gasteiger partial charge on any atom is 0.0894 e. The van der Waals surface area contributed by atoms with Crippen molar-refractivity contribution in [2.45, 2.75) is 125 Å². The summed E-state index contributed by atoms with van der Waals surface area (Å²) < 4.78 is 0. The van der Waals surface area contributed by atoms with Crippen LogP contribution in [0.4, 0.5) is 0 Å². The molecule has 0 saturated carbocycles. The van der Waals surface area contributed by atoms with E-state index in [2.05, 4.69) is 132 Å². The molecule has 41 heavy (non-hydrogen) atoms. The summed E-state index contributed by atoms with van der Waals surface area (Å²) in [6.45, 7) is 31.5. The zero-order valence-electron chi connectivity index (χ0n) is 28.3. The zero-order valence-corrected chi connectivity index (χ0v) is 31.8. The third kappa shape index (κ3) is 6.60. The molecule has 0 N–H and O–H groups in total. The topological polar surface area (TPSA) is 0 Å². The summed E-state index contributed by atoms with van der Waals surface area (Å²) in [6, 6.07) is 19.1. The monoisotopic (exact) mass is 640 g/mol. The molecule has 0 fully saturated rings. The molecule has 4 rings (SSSR count). The van der Waals surface area contributed by atoms with Gasteiger partial charge in [0.15, 0.2) is 0 Å². The predicted octanol–water partition coefficient (Wildman–Crippen LogP) is 11.4. The van der Waals surface area contributed by atoms with Gasteiger partial charge in [-0.2, -0.15) is 0 Å². The van der Waals surface area contributed by atoms with Crippen LogP contribution in [0, 0.1) is 5.92 Å². The van der Waals surface area contributed by atoms with Gasteiger partial charge < -0.3 is 0 Å². The van der Waals surface area contributed by atoms with E-state index in [4.69, 9.17) is 0 Å². The Morgan fingerprint density at radius 1 is 0.878 bits per heavy atom. The molecule has 0 aromatic heterocycles. The van der Waals surface area contributed by atoms with Crippen molar-refractivity contribution in [3.8, 4) is 11.1 Å². The van der Waals surface area contributed by atoms with Crippen molar-refractivity contribution in [3.63, 3.8) is 0 Å². The SMILES string of the molecule is CCC[Si](CC1=C(C)C(C)=C(C)C1C)c1cc(-c2cc3ccccc3[cH-]2)c(C(C)(C)C)c(C(C)C)c1C(C)(C)C.[Zr]. The molecule has 0 bridgehead atoms. The van der Waals surface area contributed by atoms with Gasteiger partial charge in [-0.25, -0.2) is 0 Å². The van der Waals surface area contributed by atoms with Crippen molar-refractivity contribution in [1.82, 2.24) is 0 Å². The molecule has 1 aliphatic carbocycles. The molecule has 1 radical (unpaired) electrons. The van der Waals surface area contributed by atoms with E-state index in [0.717, 1.165) is 0 Å².